The van der Waals surface area contributed by atoms with Crippen molar-refractivity contribution >= 4 is 23.4 Å². The monoisotopic (exact) mass is 575 g/mol. The molecule has 2 saturated heterocycles. The van der Waals surface area contributed by atoms with E-state index in [1.807, 2.05) is 41.3 Å². The van der Waals surface area contributed by atoms with E-state index in [4.69, 9.17) is 4.74 Å². The molecule has 2 bridgehead atoms. The third kappa shape index (κ3) is 4.71. The van der Waals surface area contributed by atoms with Gasteiger partial charge in [-0.2, -0.15) is 0 Å². The van der Waals surface area contributed by atoms with Crippen molar-refractivity contribution in [1.29, 1.82) is 0 Å². The van der Waals surface area contributed by atoms with Crippen LogP contribution in [0.2, 0.25) is 0 Å². The van der Waals surface area contributed by atoms with E-state index in [0.717, 1.165) is 32.1 Å². The van der Waals surface area contributed by atoms with E-state index in [1.54, 1.807) is 0 Å². The fourth-order valence-corrected chi connectivity index (χ4v) is 8.73. The lowest BCUT2D eigenvalue weighted by atomic mass is 9.73. The van der Waals surface area contributed by atoms with E-state index in [-0.39, 0.29) is 35.7 Å². The standard InChI is InChI=1S/C35H49N3O4/c1-19(2)24-13-15-25(16-14-24)36-32(39)29-28-17-18-35(42-28)30(29)34(41)38(27-12-8-10-21(4)23(27)6)31(35)33(40)37-26-11-7-9-20(3)22(26)5/h13-23,26-31H,7-12H2,1-6H3,(H,36,39)(H,37,40)/t20-,21+,22+,23+,26-,27-,28-,29+,30-,31-,35-/m1/s1. The molecule has 3 amide bonds. The number of carbonyl (C=O) groups excluding carboxylic acids is 3. The van der Waals surface area contributed by atoms with Gasteiger partial charge in [0, 0.05) is 17.8 Å². The molecule has 4 fully saturated rings. The predicted molar refractivity (Wildman–Crippen MR) is 164 cm³/mol. The average Bonchev–Trinajstić information content (AvgIpc) is 3.60. The number of ether oxygens (including phenoxy) is 1. The summed E-state index contributed by atoms with van der Waals surface area (Å²) in [5.41, 5.74) is 0.780. The molecular weight excluding hydrogens is 526 g/mol. The Bertz CT molecular complexity index is 1240. The minimum Gasteiger partial charge on any atom is -0.359 e. The molecule has 0 radical (unpaired) electrons. The normalized spacial score (nSPS) is 40.8. The first-order chi connectivity index (χ1) is 20.0. The molecule has 228 valence electrons. The molecule has 2 saturated carbocycles. The zero-order chi connectivity index (χ0) is 29.9. The molecule has 2 N–H and O–H groups in total. The molecular formula is C35H49N3O4. The number of fused-ring (bicyclic) bond motifs is 1. The lowest BCUT2D eigenvalue weighted by Gasteiger charge is -2.44. The second-order valence-electron chi connectivity index (χ2n) is 14.4. The van der Waals surface area contributed by atoms with Crippen LogP contribution in [0.4, 0.5) is 5.69 Å². The summed E-state index contributed by atoms with van der Waals surface area (Å²) in [4.78, 5) is 44.8. The van der Waals surface area contributed by atoms with Crippen LogP contribution in [0.5, 0.6) is 0 Å². The molecule has 5 aliphatic rings. The van der Waals surface area contributed by atoms with E-state index in [0.29, 0.717) is 29.4 Å². The number of nitrogens with one attached hydrogen (secondary N) is 2. The third-order valence-electron chi connectivity index (χ3n) is 11.8. The van der Waals surface area contributed by atoms with Gasteiger partial charge in [0.1, 0.15) is 11.6 Å². The molecule has 1 spiro atoms. The van der Waals surface area contributed by atoms with Crippen LogP contribution in [0, 0.1) is 35.5 Å². The smallest absolute Gasteiger partial charge is 0.246 e. The molecule has 3 aliphatic heterocycles. The van der Waals surface area contributed by atoms with Crippen molar-refractivity contribution in [3.8, 4) is 0 Å². The molecule has 1 aromatic rings. The summed E-state index contributed by atoms with van der Waals surface area (Å²) in [5, 5.41) is 6.47. The van der Waals surface area contributed by atoms with Crippen molar-refractivity contribution in [3.05, 3.63) is 42.0 Å². The van der Waals surface area contributed by atoms with Crippen LogP contribution in [0.3, 0.4) is 0 Å². The van der Waals surface area contributed by atoms with Crippen LogP contribution in [-0.4, -0.2) is 52.5 Å². The lowest BCUT2D eigenvalue weighted by Crippen LogP contribution is -2.61. The maximum Gasteiger partial charge on any atom is 0.246 e. The zero-order valence-corrected chi connectivity index (χ0v) is 26.1. The molecule has 7 nitrogen and oxygen atoms in total. The van der Waals surface area contributed by atoms with Gasteiger partial charge in [-0.15, -0.1) is 0 Å². The average molecular weight is 576 g/mol. The van der Waals surface area contributed by atoms with Crippen LogP contribution in [-0.2, 0) is 19.1 Å². The van der Waals surface area contributed by atoms with E-state index < -0.39 is 29.6 Å². The molecule has 2 aliphatic carbocycles. The summed E-state index contributed by atoms with van der Waals surface area (Å²) in [6.45, 7) is 13.2. The van der Waals surface area contributed by atoms with Gasteiger partial charge in [-0.25, -0.2) is 0 Å². The Kier molecular flexibility index (Phi) is 7.78. The maximum atomic E-state index is 14.6. The Morgan fingerprint density at radius 1 is 0.929 bits per heavy atom. The molecule has 0 aromatic heterocycles. The number of benzene rings is 1. The topological polar surface area (TPSA) is 87.7 Å². The van der Waals surface area contributed by atoms with Gasteiger partial charge in [0.05, 0.1) is 17.9 Å². The number of nitrogens with zero attached hydrogens (tertiary/aromatic N) is 1. The Morgan fingerprint density at radius 3 is 2.29 bits per heavy atom. The molecule has 0 unspecified atom stereocenters. The second kappa shape index (κ2) is 11.1. The van der Waals surface area contributed by atoms with Crippen LogP contribution < -0.4 is 10.6 Å². The number of hydrogen-bond acceptors (Lipinski definition) is 4. The van der Waals surface area contributed by atoms with Gasteiger partial charge in [-0.3, -0.25) is 14.4 Å². The van der Waals surface area contributed by atoms with Crippen molar-refractivity contribution in [2.75, 3.05) is 5.32 Å². The fourth-order valence-electron chi connectivity index (χ4n) is 8.73. The molecule has 1 aromatic carbocycles. The number of rotatable bonds is 6. The number of amides is 3. The largest absolute Gasteiger partial charge is 0.359 e. The number of likely N-dealkylation sites (tertiary alicyclic amines) is 1. The molecule has 42 heavy (non-hydrogen) atoms. The van der Waals surface area contributed by atoms with Gasteiger partial charge >= 0.3 is 0 Å². The third-order valence-corrected chi connectivity index (χ3v) is 11.8. The van der Waals surface area contributed by atoms with Gasteiger partial charge < -0.3 is 20.3 Å². The maximum absolute atomic E-state index is 14.6. The summed E-state index contributed by atoms with van der Waals surface area (Å²) < 4.78 is 6.64. The van der Waals surface area contributed by atoms with E-state index >= 15 is 0 Å². The minimum atomic E-state index is -1.13. The Morgan fingerprint density at radius 2 is 1.60 bits per heavy atom. The van der Waals surface area contributed by atoms with Gasteiger partial charge in [0.25, 0.3) is 0 Å². The van der Waals surface area contributed by atoms with Crippen LogP contribution in [0.15, 0.2) is 36.4 Å². The predicted octanol–water partition coefficient (Wildman–Crippen LogP) is 5.66. The Labute approximate surface area is 251 Å². The first-order valence-corrected chi connectivity index (χ1v) is 16.4. The van der Waals surface area contributed by atoms with Crippen molar-refractivity contribution in [1.82, 2.24) is 10.2 Å². The first-order valence-electron chi connectivity index (χ1n) is 16.4. The van der Waals surface area contributed by atoms with Crippen LogP contribution in [0.25, 0.3) is 0 Å². The number of anilines is 1. The van der Waals surface area contributed by atoms with Gasteiger partial charge in [-0.05, 0) is 60.1 Å². The van der Waals surface area contributed by atoms with Crippen molar-refractivity contribution in [2.24, 2.45) is 35.5 Å². The van der Waals surface area contributed by atoms with Crippen molar-refractivity contribution in [2.45, 2.75) is 116 Å². The van der Waals surface area contributed by atoms with Gasteiger partial charge in [-0.1, -0.05) is 91.5 Å². The minimum absolute atomic E-state index is 0.0528. The van der Waals surface area contributed by atoms with E-state index in [9.17, 15) is 14.4 Å². The summed E-state index contributed by atoms with van der Waals surface area (Å²) in [5.74, 6) is 0.169. The summed E-state index contributed by atoms with van der Waals surface area (Å²) >= 11 is 0. The highest BCUT2D eigenvalue weighted by Gasteiger charge is 2.73. The lowest BCUT2D eigenvalue weighted by molar-refractivity contribution is -0.146. The molecule has 11 atom stereocenters. The zero-order valence-electron chi connectivity index (χ0n) is 26.1. The number of carbonyl (C=O) groups is 3. The van der Waals surface area contributed by atoms with Crippen LogP contribution >= 0.6 is 0 Å². The second-order valence-corrected chi connectivity index (χ2v) is 14.4. The SMILES string of the molecule is CC(C)c1ccc(NC(=O)[C@H]2[C@H]3C=C[C@@]4(O3)[C@H]2C(=O)N([C@@H]2CCC[C@H](C)[C@@H]2C)[C@@H]4C(=O)N[C@@H]2CCC[C@@H](C)[C@@H]2C)cc1. The summed E-state index contributed by atoms with van der Waals surface area (Å²) in [6, 6.07) is 7.14. The molecule has 6 rings (SSSR count). The summed E-state index contributed by atoms with van der Waals surface area (Å²) in [7, 11) is 0. The highest BCUT2D eigenvalue weighted by atomic mass is 16.5. The molecule has 3 heterocycles. The van der Waals surface area contributed by atoms with Crippen LogP contribution in [0.1, 0.15) is 91.5 Å². The van der Waals surface area contributed by atoms with E-state index in [2.05, 4.69) is 52.2 Å². The van der Waals surface area contributed by atoms with Crippen molar-refractivity contribution in [3.63, 3.8) is 0 Å². The fraction of sp³-hybridized carbons (Fsp3) is 0.686. The molecule has 7 heteroatoms. The van der Waals surface area contributed by atoms with Gasteiger partial charge in [0.2, 0.25) is 17.7 Å². The van der Waals surface area contributed by atoms with Crippen molar-refractivity contribution < 1.29 is 19.1 Å². The highest BCUT2D eigenvalue weighted by Crippen LogP contribution is 2.57. The Hall–Kier alpha value is -2.67. The summed E-state index contributed by atoms with van der Waals surface area (Å²) in [6.07, 6.45) is 9.57. The van der Waals surface area contributed by atoms with E-state index in [1.165, 1.54) is 12.0 Å². The number of hydrogen-bond donors (Lipinski definition) is 2. The van der Waals surface area contributed by atoms with Gasteiger partial charge in [0.15, 0.2) is 0 Å². The quantitative estimate of drug-likeness (QED) is 0.428. The highest BCUT2D eigenvalue weighted by molar-refractivity contribution is 6.03. The first kappa shape index (κ1) is 29.4. The Balaban J connectivity index is 1.32.